The van der Waals surface area contributed by atoms with Crippen LogP contribution < -0.4 is 4.89 Å². The Bertz CT molecular complexity index is 833. The number of likely N-dealkylation sites (N-methyl/N-ethyl adjacent to an activating group) is 1. The monoisotopic (exact) mass is 746 g/mol. The number of quaternary nitrogens is 1. The molecule has 0 aromatic rings. The second-order valence-corrected chi connectivity index (χ2v) is 17.1. The Balaban J connectivity index is 4.09. The molecule has 304 valence electrons. The Kier molecular flexibility index (Phi) is 35.7. The van der Waals surface area contributed by atoms with E-state index in [1.165, 1.54) is 141 Å². The van der Waals surface area contributed by atoms with E-state index >= 15 is 0 Å². The summed E-state index contributed by atoms with van der Waals surface area (Å²) in [5, 5.41) is 0. The maximum Gasteiger partial charge on any atom is 0.306 e. The van der Waals surface area contributed by atoms with Crippen LogP contribution in [0.1, 0.15) is 194 Å². The minimum absolute atomic E-state index is 0.0285. The van der Waals surface area contributed by atoms with Gasteiger partial charge in [0.25, 0.3) is 7.82 Å². The number of ether oxygens (including phenoxy) is 2. The Morgan fingerprint density at radius 1 is 0.588 bits per heavy atom. The zero-order chi connectivity index (χ0) is 37.7. The van der Waals surface area contributed by atoms with Crippen molar-refractivity contribution < 1.29 is 37.3 Å². The SMILES string of the molecule is CCCCCCCCCC/C=C\CCCCCCCCCCCC(=O)OC(COCCCCCCCCCC)COP(=O)([O-])OCC[N+](C)(C)C. The molecule has 0 amide bonds. The van der Waals surface area contributed by atoms with E-state index in [9.17, 15) is 14.3 Å². The third kappa shape index (κ3) is 40.3. The molecule has 0 aliphatic rings. The number of unbranched alkanes of at least 4 members (excludes halogenated alkanes) is 24. The molecule has 0 aromatic carbocycles. The maximum atomic E-state index is 12.6. The highest BCUT2D eigenvalue weighted by Gasteiger charge is 2.20. The molecule has 0 heterocycles. The molecule has 8 nitrogen and oxygen atoms in total. The van der Waals surface area contributed by atoms with Crippen LogP contribution in [0.25, 0.3) is 0 Å². The van der Waals surface area contributed by atoms with Crippen LogP contribution in [0.5, 0.6) is 0 Å². The number of nitrogens with zero attached hydrogens (tertiary/aromatic N) is 1. The van der Waals surface area contributed by atoms with Gasteiger partial charge in [-0.2, -0.15) is 0 Å². The van der Waals surface area contributed by atoms with Crippen molar-refractivity contribution in [3.05, 3.63) is 12.2 Å². The van der Waals surface area contributed by atoms with Crippen LogP contribution in [-0.2, 0) is 27.9 Å². The highest BCUT2D eigenvalue weighted by Crippen LogP contribution is 2.38. The van der Waals surface area contributed by atoms with Gasteiger partial charge in [-0.1, -0.05) is 161 Å². The van der Waals surface area contributed by atoms with Gasteiger partial charge >= 0.3 is 5.97 Å². The topological polar surface area (TPSA) is 94.1 Å². The molecule has 0 saturated carbocycles. The van der Waals surface area contributed by atoms with E-state index in [0.717, 1.165) is 32.1 Å². The van der Waals surface area contributed by atoms with E-state index < -0.39 is 13.9 Å². The Morgan fingerprint density at radius 3 is 1.49 bits per heavy atom. The van der Waals surface area contributed by atoms with Crippen molar-refractivity contribution in [1.29, 1.82) is 0 Å². The van der Waals surface area contributed by atoms with Crippen LogP contribution in [0, 0.1) is 0 Å². The number of esters is 1. The predicted molar refractivity (Wildman–Crippen MR) is 213 cm³/mol. The zero-order valence-corrected chi connectivity index (χ0v) is 35.2. The van der Waals surface area contributed by atoms with Gasteiger partial charge < -0.3 is 27.9 Å². The van der Waals surface area contributed by atoms with E-state index in [1.54, 1.807) is 0 Å². The van der Waals surface area contributed by atoms with Crippen molar-refractivity contribution in [3.8, 4) is 0 Å². The van der Waals surface area contributed by atoms with Crippen molar-refractivity contribution in [2.75, 3.05) is 54.1 Å². The summed E-state index contributed by atoms with van der Waals surface area (Å²) in [6.07, 6.45) is 38.0. The fraction of sp³-hybridized carbons (Fsp3) is 0.929. The fourth-order valence-electron chi connectivity index (χ4n) is 5.95. The largest absolute Gasteiger partial charge is 0.756 e. The first-order valence-corrected chi connectivity index (χ1v) is 22.9. The van der Waals surface area contributed by atoms with Crippen LogP contribution in [0.3, 0.4) is 0 Å². The Labute approximate surface area is 316 Å². The van der Waals surface area contributed by atoms with Gasteiger partial charge in [-0.15, -0.1) is 0 Å². The van der Waals surface area contributed by atoms with Crippen molar-refractivity contribution in [2.24, 2.45) is 0 Å². The number of hydrogen-bond acceptors (Lipinski definition) is 7. The summed E-state index contributed by atoms with van der Waals surface area (Å²) < 4.78 is 34.4. The minimum Gasteiger partial charge on any atom is -0.756 e. The molecular weight excluding hydrogens is 661 g/mol. The van der Waals surface area contributed by atoms with Gasteiger partial charge in [0.15, 0.2) is 0 Å². The summed E-state index contributed by atoms with van der Waals surface area (Å²) in [6, 6.07) is 0. The molecule has 0 fully saturated rings. The predicted octanol–water partition coefficient (Wildman–Crippen LogP) is 11.6. The van der Waals surface area contributed by atoms with E-state index in [2.05, 4.69) is 26.0 Å². The molecule has 0 saturated heterocycles. The number of carbonyl (C=O) groups is 1. The van der Waals surface area contributed by atoms with E-state index in [0.29, 0.717) is 24.1 Å². The molecule has 2 atom stereocenters. The van der Waals surface area contributed by atoms with Crippen molar-refractivity contribution in [1.82, 2.24) is 0 Å². The first kappa shape index (κ1) is 50.2. The summed E-state index contributed by atoms with van der Waals surface area (Å²) >= 11 is 0. The van der Waals surface area contributed by atoms with Gasteiger partial charge in [0.2, 0.25) is 0 Å². The molecule has 0 rings (SSSR count). The van der Waals surface area contributed by atoms with Crippen LogP contribution in [0.2, 0.25) is 0 Å². The zero-order valence-electron chi connectivity index (χ0n) is 34.3. The first-order chi connectivity index (χ1) is 24.6. The molecular formula is C42H84NO7P. The molecule has 0 aliphatic carbocycles. The molecule has 0 radical (unpaired) electrons. The molecule has 0 N–H and O–H groups in total. The van der Waals surface area contributed by atoms with E-state index in [1.807, 2.05) is 21.1 Å². The van der Waals surface area contributed by atoms with Crippen LogP contribution in [0.4, 0.5) is 0 Å². The number of phosphoric ester groups is 1. The lowest BCUT2D eigenvalue weighted by atomic mass is 10.1. The lowest BCUT2D eigenvalue weighted by Gasteiger charge is -2.28. The smallest absolute Gasteiger partial charge is 0.306 e. The minimum atomic E-state index is -4.51. The third-order valence-electron chi connectivity index (χ3n) is 9.32. The maximum absolute atomic E-state index is 12.6. The second kappa shape index (κ2) is 36.2. The molecule has 51 heavy (non-hydrogen) atoms. The molecule has 0 aromatic heterocycles. The standard InChI is InChI=1S/C42H84NO7P/c1-6-8-10-12-14-16-17-18-19-20-21-22-23-24-25-26-27-28-29-31-33-35-42(44)50-41(39-47-37-34-32-30-15-13-11-9-7-2)40-49-51(45,46)48-38-36-43(3,4)5/h20-21,41H,6-19,22-40H2,1-5H3/b21-20-. The van der Waals surface area contributed by atoms with Crippen molar-refractivity contribution in [2.45, 2.75) is 200 Å². The number of hydrogen-bond donors (Lipinski definition) is 0. The van der Waals surface area contributed by atoms with Gasteiger partial charge in [-0.05, 0) is 38.5 Å². The van der Waals surface area contributed by atoms with Gasteiger partial charge in [0.05, 0.1) is 34.4 Å². The number of carbonyl (C=O) groups excluding carboxylic acids is 1. The Hall–Kier alpha value is -0.760. The van der Waals surface area contributed by atoms with Gasteiger partial charge in [0.1, 0.15) is 19.3 Å². The summed E-state index contributed by atoms with van der Waals surface area (Å²) in [4.78, 5) is 24.9. The average molecular weight is 746 g/mol. The molecule has 2 unspecified atom stereocenters. The summed E-state index contributed by atoms with van der Waals surface area (Å²) in [7, 11) is 1.36. The van der Waals surface area contributed by atoms with Gasteiger partial charge in [0, 0.05) is 13.0 Å². The van der Waals surface area contributed by atoms with Gasteiger partial charge in [-0.3, -0.25) is 9.36 Å². The fourth-order valence-corrected chi connectivity index (χ4v) is 6.68. The lowest BCUT2D eigenvalue weighted by molar-refractivity contribution is -0.870. The highest BCUT2D eigenvalue weighted by molar-refractivity contribution is 7.45. The first-order valence-electron chi connectivity index (χ1n) is 21.4. The second-order valence-electron chi connectivity index (χ2n) is 15.7. The van der Waals surface area contributed by atoms with Crippen molar-refractivity contribution >= 4 is 13.8 Å². The van der Waals surface area contributed by atoms with Gasteiger partial charge in [-0.25, -0.2) is 0 Å². The summed E-state index contributed by atoms with van der Waals surface area (Å²) in [5.74, 6) is -0.335. The average Bonchev–Trinajstić information content (AvgIpc) is 3.08. The molecule has 0 bridgehead atoms. The van der Waals surface area contributed by atoms with Crippen LogP contribution >= 0.6 is 7.82 Å². The number of rotatable bonds is 40. The highest BCUT2D eigenvalue weighted by atomic mass is 31.2. The molecule has 9 heteroatoms. The van der Waals surface area contributed by atoms with Crippen LogP contribution in [-0.4, -0.2) is 70.7 Å². The number of phosphoric acid groups is 1. The van der Waals surface area contributed by atoms with Crippen LogP contribution in [0.15, 0.2) is 12.2 Å². The lowest BCUT2D eigenvalue weighted by Crippen LogP contribution is -2.37. The Morgan fingerprint density at radius 2 is 1.02 bits per heavy atom. The van der Waals surface area contributed by atoms with E-state index in [-0.39, 0.29) is 25.8 Å². The summed E-state index contributed by atoms with van der Waals surface area (Å²) in [5.41, 5.74) is 0. The third-order valence-corrected chi connectivity index (χ3v) is 10.3. The van der Waals surface area contributed by atoms with E-state index in [4.69, 9.17) is 18.5 Å². The summed E-state index contributed by atoms with van der Waals surface area (Å²) in [6.45, 7) is 5.41. The van der Waals surface area contributed by atoms with Crippen molar-refractivity contribution in [3.63, 3.8) is 0 Å². The molecule has 0 spiro atoms. The number of allylic oxidation sites excluding steroid dienone is 2. The normalized spacial score (nSPS) is 13.9. The quantitative estimate of drug-likeness (QED) is 0.0203. The molecule has 0 aliphatic heterocycles.